The number of methoxy groups -OCH3 is 4. The minimum absolute atomic E-state index is 0.215. The van der Waals surface area contributed by atoms with E-state index in [0.29, 0.717) is 28.6 Å². The maximum atomic E-state index is 12.8. The molecule has 0 fully saturated rings. The van der Waals surface area contributed by atoms with Crippen molar-refractivity contribution in [3.05, 3.63) is 47.0 Å². The quantitative estimate of drug-likeness (QED) is 0.835. The van der Waals surface area contributed by atoms with Crippen LogP contribution in [0.25, 0.3) is 0 Å². The van der Waals surface area contributed by atoms with Gasteiger partial charge in [-0.2, -0.15) is 0 Å². The fraction of sp³-hybridized carbons (Fsp3) is 0.263. The average Bonchev–Trinajstić information content (AvgIpc) is 3.01. The van der Waals surface area contributed by atoms with E-state index in [1.165, 1.54) is 33.4 Å². The highest BCUT2D eigenvalue weighted by Gasteiger charge is 2.34. The molecule has 0 unspecified atom stereocenters. The molecule has 0 aliphatic carbocycles. The molecule has 2 aromatic rings. The lowest BCUT2D eigenvalue weighted by molar-refractivity contribution is 0.0599. The molecule has 1 heterocycles. The van der Waals surface area contributed by atoms with E-state index in [0.717, 1.165) is 5.56 Å². The number of rotatable bonds is 6. The fourth-order valence-corrected chi connectivity index (χ4v) is 3.05. The van der Waals surface area contributed by atoms with E-state index in [9.17, 15) is 9.59 Å². The van der Waals surface area contributed by atoms with E-state index >= 15 is 0 Å². The Hall–Kier alpha value is -3.42. The topological polar surface area (TPSA) is 86.3 Å². The van der Waals surface area contributed by atoms with E-state index in [4.69, 9.17) is 18.9 Å². The van der Waals surface area contributed by atoms with E-state index in [2.05, 4.69) is 5.43 Å². The van der Waals surface area contributed by atoms with Gasteiger partial charge in [0.1, 0.15) is 0 Å². The van der Waals surface area contributed by atoms with Crippen LogP contribution in [0.1, 0.15) is 26.3 Å². The highest BCUT2D eigenvalue weighted by molar-refractivity contribution is 6.04. The lowest BCUT2D eigenvalue weighted by atomic mass is 10.1. The van der Waals surface area contributed by atoms with Crippen LogP contribution in [0, 0.1) is 0 Å². The zero-order chi connectivity index (χ0) is 19.6. The third-order valence-electron chi connectivity index (χ3n) is 4.30. The number of amides is 2. The Morgan fingerprint density at radius 1 is 0.926 bits per heavy atom. The van der Waals surface area contributed by atoms with Crippen molar-refractivity contribution in [2.45, 2.75) is 6.54 Å². The number of para-hydroxylation sites is 1. The molecule has 0 saturated carbocycles. The lowest BCUT2D eigenvalue weighted by Crippen LogP contribution is -2.42. The Kier molecular flexibility index (Phi) is 5.07. The first kappa shape index (κ1) is 18.4. The van der Waals surface area contributed by atoms with Gasteiger partial charge in [0.15, 0.2) is 23.0 Å². The maximum absolute atomic E-state index is 12.8. The van der Waals surface area contributed by atoms with Gasteiger partial charge in [0.25, 0.3) is 11.8 Å². The predicted octanol–water partition coefficient (Wildman–Crippen LogP) is 2.02. The van der Waals surface area contributed by atoms with Gasteiger partial charge in [0.05, 0.1) is 46.1 Å². The fourth-order valence-electron chi connectivity index (χ4n) is 3.05. The first-order valence-electron chi connectivity index (χ1n) is 8.13. The molecule has 0 bridgehead atoms. The third-order valence-corrected chi connectivity index (χ3v) is 4.30. The molecule has 8 nitrogen and oxygen atoms in total. The predicted molar refractivity (Wildman–Crippen MR) is 96.4 cm³/mol. The van der Waals surface area contributed by atoms with Crippen LogP contribution >= 0.6 is 0 Å². The molecule has 1 aliphatic heterocycles. The summed E-state index contributed by atoms with van der Waals surface area (Å²) in [7, 11) is 5.90. The van der Waals surface area contributed by atoms with Crippen molar-refractivity contribution in [1.29, 1.82) is 0 Å². The van der Waals surface area contributed by atoms with Crippen LogP contribution < -0.4 is 24.4 Å². The van der Waals surface area contributed by atoms with Crippen LogP contribution in [-0.4, -0.2) is 45.3 Å². The number of fused-ring (bicyclic) bond motifs is 1. The number of hydrogen-bond acceptors (Lipinski definition) is 6. The summed E-state index contributed by atoms with van der Waals surface area (Å²) in [5, 5.41) is 1.23. The first-order valence-corrected chi connectivity index (χ1v) is 8.13. The SMILES string of the molecule is COc1cccc(C(=O)NN2Cc3ccc(OC)c(OC)c3C2=O)c1OC. The number of carbonyl (C=O) groups is 2. The summed E-state index contributed by atoms with van der Waals surface area (Å²) in [5.74, 6) is 0.644. The molecule has 0 spiro atoms. The molecule has 0 saturated heterocycles. The van der Waals surface area contributed by atoms with E-state index in [-0.39, 0.29) is 18.0 Å². The number of ether oxygens (including phenoxy) is 4. The highest BCUT2D eigenvalue weighted by atomic mass is 16.5. The zero-order valence-corrected chi connectivity index (χ0v) is 15.5. The Morgan fingerprint density at radius 3 is 2.22 bits per heavy atom. The summed E-state index contributed by atoms with van der Waals surface area (Å²) in [6.07, 6.45) is 0. The van der Waals surface area contributed by atoms with Gasteiger partial charge in [-0.3, -0.25) is 15.0 Å². The number of hydrogen-bond donors (Lipinski definition) is 1. The molecule has 0 radical (unpaired) electrons. The molecular weight excluding hydrogens is 352 g/mol. The van der Waals surface area contributed by atoms with Crippen molar-refractivity contribution in [2.75, 3.05) is 28.4 Å². The Balaban J connectivity index is 1.88. The second-order valence-corrected chi connectivity index (χ2v) is 5.71. The monoisotopic (exact) mass is 372 g/mol. The van der Waals surface area contributed by atoms with Crippen LogP contribution in [0.2, 0.25) is 0 Å². The standard InChI is InChI=1S/C19H20N2O6/c1-24-13-7-5-6-12(16(13)26-3)18(22)20-21-10-11-8-9-14(25-2)17(27-4)15(11)19(21)23/h5-9H,10H2,1-4H3,(H,20,22). The number of nitrogens with zero attached hydrogens (tertiary/aromatic N) is 1. The molecule has 8 heteroatoms. The minimum atomic E-state index is -0.488. The van der Waals surface area contributed by atoms with Gasteiger partial charge in [0, 0.05) is 0 Å². The maximum Gasteiger partial charge on any atom is 0.276 e. The molecule has 0 aromatic heterocycles. The number of benzene rings is 2. The van der Waals surface area contributed by atoms with Crippen molar-refractivity contribution in [3.63, 3.8) is 0 Å². The molecular formula is C19H20N2O6. The minimum Gasteiger partial charge on any atom is -0.493 e. The van der Waals surface area contributed by atoms with E-state index in [1.54, 1.807) is 30.3 Å². The number of hydrazine groups is 1. The van der Waals surface area contributed by atoms with Crippen LogP contribution in [0.15, 0.2) is 30.3 Å². The molecule has 1 aliphatic rings. The summed E-state index contributed by atoms with van der Waals surface area (Å²) in [6.45, 7) is 0.215. The summed E-state index contributed by atoms with van der Waals surface area (Å²) in [5.41, 5.74) is 3.98. The smallest absolute Gasteiger partial charge is 0.276 e. The van der Waals surface area contributed by atoms with E-state index in [1.807, 2.05) is 0 Å². The van der Waals surface area contributed by atoms with Crippen LogP contribution in [0.3, 0.4) is 0 Å². The van der Waals surface area contributed by atoms with Crippen LogP contribution in [0.5, 0.6) is 23.0 Å². The third kappa shape index (κ3) is 3.10. The molecule has 1 N–H and O–H groups in total. The van der Waals surface area contributed by atoms with Crippen LogP contribution in [0.4, 0.5) is 0 Å². The van der Waals surface area contributed by atoms with Gasteiger partial charge >= 0.3 is 0 Å². The van der Waals surface area contributed by atoms with Gasteiger partial charge in [-0.25, -0.2) is 5.01 Å². The highest BCUT2D eigenvalue weighted by Crippen LogP contribution is 2.38. The Labute approximate surface area is 156 Å². The summed E-state index contributed by atoms with van der Waals surface area (Å²) in [4.78, 5) is 25.5. The Bertz CT molecular complexity index is 896. The molecule has 2 amide bonds. The van der Waals surface area contributed by atoms with Crippen LogP contribution in [-0.2, 0) is 6.54 Å². The van der Waals surface area contributed by atoms with Crippen molar-refractivity contribution in [2.24, 2.45) is 0 Å². The zero-order valence-electron chi connectivity index (χ0n) is 15.5. The first-order chi connectivity index (χ1) is 13.0. The number of nitrogens with one attached hydrogen (secondary N) is 1. The number of carbonyl (C=O) groups excluding carboxylic acids is 2. The summed E-state index contributed by atoms with van der Waals surface area (Å²) >= 11 is 0. The molecule has 3 rings (SSSR count). The van der Waals surface area contributed by atoms with Crippen molar-refractivity contribution < 1.29 is 28.5 Å². The molecule has 2 aromatic carbocycles. The summed E-state index contributed by atoms with van der Waals surface area (Å²) in [6, 6.07) is 8.44. The summed E-state index contributed by atoms with van der Waals surface area (Å²) < 4.78 is 21.1. The molecule has 0 atom stereocenters. The molecule has 27 heavy (non-hydrogen) atoms. The van der Waals surface area contributed by atoms with E-state index < -0.39 is 5.91 Å². The van der Waals surface area contributed by atoms with Crippen molar-refractivity contribution >= 4 is 11.8 Å². The van der Waals surface area contributed by atoms with Crippen molar-refractivity contribution in [3.8, 4) is 23.0 Å². The average molecular weight is 372 g/mol. The second-order valence-electron chi connectivity index (χ2n) is 5.71. The van der Waals surface area contributed by atoms with Gasteiger partial charge < -0.3 is 18.9 Å². The molecule has 142 valence electrons. The van der Waals surface area contributed by atoms with Gasteiger partial charge in [-0.15, -0.1) is 0 Å². The normalized spacial score (nSPS) is 12.4. The van der Waals surface area contributed by atoms with Gasteiger partial charge in [-0.1, -0.05) is 12.1 Å². The van der Waals surface area contributed by atoms with Gasteiger partial charge in [0.2, 0.25) is 0 Å². The Morgan fingerprint density at radius 2 is 1.59 bits per heavy atom. The van der Waals surface area contributed by atoms with Crippen molar-refractivity contribution in [1.82, 2.24) is 10.4 Å². The largest absolute Gasteiger partial charge is 0.493 e. The van der Waals surface area contributed by atoms with Gasteiger partial charge in [-0.05, 0) is 23.8 Å². The second kappa shape index (κ2) is 7.45. The lowest BCUT2D eigenvalue weighted by Gasteiger charge is -2.18.